The second-order valence-corrected chi connectivity index (χ2v) is 5.16. The van der Waals surface area contributed by atoms with E-state index in [9.17, 15) is 8.78 Å². The molecule has 2 rings (SSSR count). The highest BCUT2D eigenvalue weighted by Gasteiger charge is 2.28. The molecular formula is C15H21F2N. The summed E-state index contributed by atoms with van der Waals surface area (Å²) in [7, 11) is 0. The minimum atomic E-state index is -0.399. The van der Waals surface area contributed by atoms with Crippen LogP contribution in [0.3, 0.4) is 0 Å². The van der Waals surface area contributed by atoms with Crippen molar-refractivity contribution in [2.75, 3.05) is 13.1 Å². The summed E-state index contributed by atoms with van der Waals surface area (Å²) < 4.78 is 27.3. The Kier molecular flexibility index (Phi) is 4.70. The number of benzene rings is 1. The minimum absolute atomic E-state index is 0.269. The van der Waals surface area contributed by atoms with Crippen molar-refractivity contribution in [2.45, 2.75) is 32.6 Å². The zero-order valence-corrected chi connectivity index (χ0v) is 10.9. The number of halogens is 2. The highest BCUT2D eigenvalue weighted by molar-refractivity contribution is 5.20. The van der Waals surface area contributed by atoms with Crippen molar-refractivity contribution in [1.82, 2.24) is 5.32 Å². The molecule has 0 heterocycles. The number of hydrogen-bond acceptors (Lipinski definition) is 1. The highest BCUT2D eigenvalue weighted by Crippen LogP contribution is 2.34. The van der Waals surface area contributed by atoms with Crippen molar-refractivity contribution in [3.8, 4) is 0 Å². The molecule has 100 valence electrons. The lowest BCUT2D eigenvalue weighted by Gasteiger charge is -2.20. The summed E-state index contributed by atoms with van der Waals surface area (Å²) >= 11 is 0. The van der Waals surface area contributed by atoms with E-state index in [1.165, 1.54) is 31.0 Å². The standard InChI is InChI=1S/C15H21F2N/c1-2-18-10-12-6-3-5-11(12)9-13-14(16)7-4-8-15(13)17/h4,7-8,11-12,18H,2-3,5-6,9-10H2,1H3. The molecule has 1 aliphatic carbocycles. The molecule has 18 heavy (non-hydrogen) atoms. The first-order valence-electron chi connectivity index (χ1n) is 6.86. The van der Waals surface area contributed by atoms with Gasteiger partial charge in [-0.25, -0.2) is 8.78 Å². The van der Waals surface area contributed by atoms with Crippen LogP contribution in [0.2, 0.25) is 0 Å². The minimum Gasteiger partial charge on any atom is -0.317 e. The fourth-order valence-corrected chi connectivity index (χ4v) is 2.97. The Bertz CT molecular complexity index is 372. The molecule has 0 bridgehead atoms. The Morgan fingerprint density at radius 3 is 2.50 bits per heavy atom. The molecule has 0 aromatic heterocycles. The Morgan fingerprint density at radius 1 is 1.17 bits per heavy atom. The third-order valence-electron chi connectivity index (χ3n) is 4.00. The third kappa shape index (κ3) is 3.08. The zero-order valence-electron chi connectivity index (χ0n) is 10.9. The summed E-state index contributed by atoms with van der Waals surface area (Å²) in [5.41, 5.74) is 0.269. The van der Waals surface area contributed by atoms with Crippen molar-refractivity contribution < 1.29 is 8.78 Å². The molecule has 1 fully saturated rings. The van der Waals surface area contributed by atoms with E-state index in [1.807, 2.05) is 0 Å². The summed E-state index contributed by atoms with van der Waals surface area (Å²) in [4.78, 5) is 0. The largest absolute Gasteiger partial charge is 0.317 e. The van der Waals surface area contributed by atoms with Crippen molar-refractivity contribution in [3.05, 3.63) is 35.4 Å². The van der Waals surface area contributed by atoms with Gasteiger partial charge >= 0.3 is 0 Å². The van der Waals surface area contributed by atoms with Gasteiger partial charge in [0.15, 0.2) is 0 Å². The Balaban J connectivity index is 2.03. The van der Waals surface area contributed by atoms with Crippen LogP contribution in [0.25, 0.3) is 0 Å². The molecule has 2 unspecified atom stereocenters. The van der Waals surface area contributed by atoms with Crippen molar-refractivity contribution in [3.63, 3.8) is 0 Å². The maximum atomic E-state index is 13.6. The van der Waals surface area contributed by atoms with Gasteiger partial charge in [-0.15, -0.1) is 0 Å². The molecule has 1 saturated carbocycles. The van der Waals surface area contributed by atoms with Crippen LogP contribution in [0.5, 0.6) is 0 Å². The van der Waals surface area contributed by atoms with Crippen LogP contribution in [0, 0.1) is 23.5 Å². The zero-order chi connectivity index (χ0) is 13.0. The maximum absolute atomic E-state index is 13.6. The van der Waals surface area contributed by atoms with Gasteiger partial charge in [0.1, 0.15) is 11.6 Å². The monoisotopic (exact) mass is 253 g/mol. The summed E-state index contributed by atoms with van der Waals surface area (Å²) in [6, 6.07) is 4.14. The SMILES string of the molecule is CCNCC1CCCC1Cc1c(F)cccc1F. The van der Waals surface area contributed by atoms with E-state index in [1.54, 1.807) is 0 Å². The Hall–Kier alpha value is -0.960. The lowest BCUT2D eigenvalue weighted by atomic mass is 9.89. The number of hydrogen-bond donors (Lipinski definition) is 1. The molecule has 1 aromatic carbocycles. The number of nitrogens with one attached hydrogen (secondary N) is 1. The molecule has 1 aliphatic rings. The van der Waals surface area contributed by atoms with Gasteiger partial charge in [-0.3, -0.25) is 0 Å². The summed E-state index contributed by atoms with van der Waals surface area (Å²) in [6.07, 6.45) is 3.98. The van der Waals surface area contributed by atoms with Gasteiger partial charge in [0.2, 0.25) is 0 Å². The first kappa shape index (κ1) is 13.5. The van der Waals surface area contributed by atoms with E-state index >= 15 is 0 Å². The average molecular weight is 253 g/mol. The van der Waals surface area contributed by atoms with Gasteiger partial charge in [0.25, 0.3) is 0 Å². The fourth-order valence-electron chi connectivity index (χ4n) is 2.97. The van der Waals surface area contributed by atoms with Crippen LogP contribution in [0.4, 0.5) is 8.78 Å². The van der Waals surface area contributed by atoms with Crippen LogP contribution < -0.4 is 5.32 Å². The van der Waals surface area contributed by atoms with Gasteiger partial charge in [0.05, 0.1) is 0 Å². The molecule has 0 spiro atoms. The van der Waals surface area contributed by atoms with Crippen LogP contribution in [0.1, 0.15) is 31.7 Å². The molecule has 1 aromatic rings. The molecule has 0 aliphatic heterocycles. The smallest absolute Gasteiger partial charge is 0.129 e. The molecule has 0 saturated heterocycles. The molecule has 0 amide bonds. The van der Waals surface area contributed by atoms with Crippen LogP contribution in [-0.2, 0) is 6.42 Å². The quantitative estimate of drug-likeness (QED) is 0.846. The third-order valence-corrected chi connectivity index (χ3v) is 4.00. The van der Waals surface area contributed by atoms with Crippen LogP contribution in [-0.4, -0.2) is 13.1 Å². The van der Waals surface area contributed by atoms with Crippen LogP contribution in [0.15, 0.2) is 18.2 Å². The average Bonchev–Trinajstić information content (AvgIpc) is 2.79. The van der Waals surface area contributed by atoms with E-state index in [-0.39, 0.29) is 5.56 Å². The Labute approximate surface area is 108 Å². The normalized spacial score (nSPS) is 23.5. The predicted octanol–water partition coefficient (Wildman–Crippen LogP) is 3.53. The van der Waals surface area contributed by atoms with E-state index in [0.29, 0.717) is 18.3 Å². The van der Waals surface area contributed by atoms with Crippen LogP contribution >= 0.6 is 0 Å². The first-order valence-corrected chi connectivity index (χ1v) is 6.86. The van der Waals surface area contributed by atoms with E-state index in [2.05, 4.69) is 12.2 Å². The predicted molar refractivity (Wildman–Crippen MR) is 69.4 cm³/mol. The fraction of sp³-hybridized carbons (Fsp3) is 0.600. The molecular weight excluding hydrogens is 232 g/mol. The molecule has 1 nitrogen and oxygen atoms in total. The van der Waals surface area contributed by atoms with Gasteiger partial charge in [-0.05, 0) is 56.3 Å². The van der Waals surface area contributed by atoms with Crippen molar-refractivity contribution >= 4 is 0 Å². The Morgan fingerprint density at radius 2 is 1.83 bits per heavy atom. The van der Waals surface area contributed by atoms with Crippen molar-refractivity contribution in [2.24, 2.45) is 11.8 Å². The van der Waals surface area contributed by atoms with E-state index in [0.717, 1.165) is 19.5 Å². The summed E-state index contributed by atoms with van der Waals surface area (Å²) in [5.74, 6) is 0.174. The van der Waals surface area contributed by atoms with Crippen molar-refractivity contribution in [1.29, 1.82) is 0 Å². The topological polar surface area (TPSA) is 12.0 Å². The van der Waals surface area contributed by atoms with Gasteiger partial charge in [-0.2, -0.15) is 0 Å². The molecule has 1 N–H and O–H groups in total. The van der Waals surface area contributed by atoms with Gasteiger partial charge in [0, 0.05) is 5.56 Å². The summed E-state index contributed by atoms with van der Waals surface area (Å²) in [5, 5.41) is 3.35. The summed E-state index contributed by atoms with van der Waals surface area (Å²) in [6.45, 7) is 4.01. The number of rotatable bonds is 5. The second-order valence-electron chi connectivity index (χ2n) is 5.16. The lowest BCUT2D eigenvalue weighted by molar-refractivity contribution is 0.359. The molecule has 3 heteroatoms. The van der Waals surface area contributed by atoms with E-state index in [4.69, 9.17) is 0 Å². The molecule has 0 radical (unpaired) electrons. The van der Waals surface area contributed by atoms with Gasteiger partial charge in [-0.1, -0.05) is 19.4 Å². The molecule has 2 atom stereocenters. The second kappa shape index (κ2) is 6.28. The maximum Gasteiger partial charge on any atom is 0.129 e. The lowest BCUT2D eigenvalue weighted by Crippen LogP contribution is -2.26. The van der Waals surface area contributed by atoms with E-state index < -0.39 is 11.6 Å². The highest BCUT2D eigenvalue weighted by atomic mass is 19.1. The van der Waals surface area contributed by atoms with Gasteiger partial charge < -0.3 is 5.32 Å². The first-order chi connectivity index (χ1) is 8.72.